The van der Waals surface area contributed by atoms with E-state index in [1.54, 1.807) is 40.8 Å². The zero-order valence-corrected chi connectivity index (χ0v) is 18.8. The summed E-state index contributed by atoms with van der Waals surface area (Å²) in [6, 6.07) is 15.0. The molecule has 0 saturated carbocycles. The van der Waals surface area contributed by atoms with E-state index in [2.05, 4.69) is 5.32 Å². The molecule has 0 unspecified atom stereocenters. The predicted octanol–water partition coefficient (Wildman–Crippen LogP) is 4.71. The van der Waals surface area contributed by atoms with Crippen molar-refractivity contribution in [3.63, 3.8) is 0 Å². The highest BCUT2D eigenvalue weighted by Gasteiger charge is 2.18. The fourth-order valence-electron chi connectivity index (χ4n) is 3.09. The number of benzene rings is 2. The van der Waals surface area contributed by atoms with Crippen molar-refractivity contribution in [3.05, 3.63) is 66.1 Å². The van der Waals surface area contributed by atoms with Crippen LogP contribution in [0.1, 0.15) is 11.3 Å². The van der Waals surface area contributed by atoms with Crippen molar-refractivity contribution in [1.82, 2.24) is 4.90 Å². The zero-order valence-electron chi connectivity index (χ0n) is 18.0. The smallest absolute Gasteiger partial charge is 0.174 e. The summed E-state index contributed by atoms with van der Waals surface area (Å²) >= 11 is 5.73. The van der Waals surface area contributed by atoms with E-state index in [9.17, 15) is 0 Å². The molecule has 2 aromatic carbocycles. The topological polar surface area (TPSA) is 65.3 Å². The Balaban J connectivity index is 1.87. The molecule has 0 aliphatic heterocycles. The summed E-state index contributed by atoms with van der Waals surface area (Å²) < 4.78 is 27.2. The Morgan fingerprint density at radius 1 is 0.871 bits per heavy atom. The average Bonchev–Trinajstić information content (AvgIpc) is 3.31. The van der Waals surface area contributed by atoms with Gasteiger partial charge in [-0.05, 0) is 54.7 Å². The van der Waals surface area contributed by atoms with E-state index >= 15 is 0 Å². The van der Waals surface area contributed by atoms with Crippen LogP contribution >= 0.6 is 12.2 Å². The Morgan fingerprint density at radius 3 is 2.13 bits per heavy atom. The molecule has 31 heavy (non-hydrogen) atoms. The number of furan rings is 1. The lowest BCUT2D eigenvalue weighted by Crippen LogP contribution is -2.33. The molecule has 3 rings (SSSR count). The fourth-order valence-corrected chi connectivity index (χ4v) is 3.34. The van der Waals surface area contributed by atoms with Gasteiger partial charge in [0.15, 0.2) is 16.6 Å². The van der Waals surface area contributed by atoms with Crippen molar-refractivity contribution in [2.75, 3.05) is 33.8 Å². The number of methoxy groups -OCH3 is 4. The van der Waals surface area contributed by atoms with E-state index in [1.807, 2.05) is 47.4 Å². The quantitative estimate of drug-likeness (QED) is 0.478. The van der Waals surface area contributed by atoms with E-state index in [-0.39, 0.29) is 0 Å². The number of thiocarbonyl (C=S) groups is 1. The van der Waals surface area contributed by atoms with E-state index in [0.29, 0.717) is 35.5 Å². The van der Waals surface area contributed by atoms with Crippen molar-refractivity contribution in [2.45, 2.75) is 13.1 Å². The number of hydrogen-bond donors (Lipinski definition) is 1. The minimum Gasteiger partial charge on any atom is -0.497 e. The van der Waals surface area contributed by atoms with Crippen LogP contribution in [0.2, 0.25) is 0 Å². The lowest BCUT2D eigenvalue weighted by molar-refractivity contribution is 0.334. The first-order chi connectivity index (χ1) is 15.1. The molecule has 164 valence electrons. The van der Waals surface area contributed by atoms with Crippen LogP contribution in [-0.2, 0) is 13.1 Å². The van der Waals surface area contributed by atoms with Crippen molar-refractivity contribution in [1.29, 1.82) is 0 Å². The summed E-state index contributed by atoms with van der Waals surface area (Å²) in [6.45, 7) is 0.943. The van der Waals surface area contributed by atoms with Crippen LogP contribution in [0.3, 0.4) is 0 Å². The monoisotopic (exact) mass is 442 g/mol. The van der Waals surface area contributed by atoms with Gasteiger partial charge in [0.2, 0.25) is 0 Å². The van der Waals surface area contributed by atoms with Crippen LogP contribution in [0.5, 0.6) is 23.0 Å². The molecule has 0 amide bonds. The summed E-state index contributed by atoms with van der Waals surface area (Å²) in [7, 11) is 6.45. The first kappa shape index (κ1) is 22.3. The molecule has 0 atom stereocenters. The van der Waals surface area contributed by atoms with Gasteiger partial charge in [-0.25, -0.2) is 0 Å². The molecular weight excluding hydrogens is 416 g/mol. The van der Waals surface area contributed by atoms with Gasteiger partial charge in [0, 0.05) is 23.9 Å². The number of rotatable bonds is 9. The van der Waals surface area contributed by atoms with E-state index in [1.165, 1.54) is 0 Å². The second-order valence-corrected chi connectivity index (χ2v) is 7.00. The average molecular weight is 443 g/mol. The maximum atomic E-state index is 5.73. The van der Waals surface area contributed by atoms with E-state index in [0.717, 1.165) is 22.8 Å². The van der Waals surface area contributed by atoms with Gasteiger partial charge in [0.1, 0.15) is 17.3 Å². The van der Waals surface area contributed by atoms with Crippen molar-refractivity contribution < 1.29 is 23.4 Å². The highest BCUT2D eigenvalue weighted by atomic mass is 32.1. The Labute approximate surface area is 187 Å². The first-order valence-corrected chi connectivity index (χ1v) is 10.00. The standard InChI is InChI=1S/C23H26N2O5S/c1-26-18-9-7-17(8-10-18)24-23(31)25(15-19-6-5-11-30-19)14-16-12-21(28-3)22(29-4)13-20(16)27-2/h5-13H,14-15H2,1-4H3,(H,24,31). The van der Waals surface area contributed by atoms with Gasteiger partial charge in [0.25, 0.3) is 0 Å². The summed E-state index contributed by atoms with van der Waals surface area (Å²) in [5, 5.41) is 3.82. The second kappa shape index (κ2) is 10.6. The van der Waals surface area contributed by atoms with Gasteiger partial charge in [-0.3, -0.25) is 0 Å². The number of nitrogens with zero attached hydrogens (tertiary/aromatic N) is 1. The highest BCUT2D eigenvalue weighted by molar-refractivity contribution is 7.80. The summed E-state index contributed by atoms with van der Waals surface area (Å²) in [6.07, 6.45) is 1.64. The van der Waals surface area contributed by atoms with Crippen molar-refractivity contribution >= 4 is 23.0 Å². The maximum absolute atomic E-state index is 5.73. The predicted molar refractivity (Wildman–Crippen MR) is 123 cm³/mol. The number of ether oxygens (including phenoxy) is 4. The molecule has 8 heteroatoms. The molecule has 0 fully saturated rings. The van der Waals surface area contributed by atoms with Gasteiger partial charge in [-0.1, -0.05) is 0 Å². The fraction of sp³-hybridized carbons (Fsp3) is 0.261. The number of anilines is 1. The second-order valence-electron chi connectivity index (χ2n) is 6.61. The van der Waals surface area contributed by atoms with Crippen LogP contribution in [0, 0.1) is 0 Å². The molecule has 0 aliphatic carbocycles. The number of hydrogen-bond acceptors (Lipinski definition) is 6. The minimum atomic E-state index is 0.464. The van der Waals surface area contributed by atoms with Crippen LogP contribution in [-0.4, -0.2) is 38.5 Å². The van der Waals surface area contributed by atoms with Crippen LogP contribution in [0.4, 0.5) is 5.69 Å². The summed E-state index contributed by atoms with van der Waals surface area (Å²) in [4.78, 5) is 1.99. The number of nitrogens with one attached hydrogen (secondary N) is 1. The highest BCUT2D eigenvalue weighted by Crippen LogP contribution is 2.35. The van der Waals surface area contributed by atoms with Crippen LogP contribution < -0.4 is 24.3 Å². The van der Waals surface area contributed by atoms with E-state index < -0.39 is 0 Å². The zero-order chi connectivity index (χ0) is 22.2. The molecule has 1 N–H and O–H groups in total. The third-order valence-electron chi connectivity index (χ3n) is 4.70. The van der Waals surface area contributed by atoms with Crippen molar-refractivity contribution in [3.8, 4) is 23.0 Å². The Morgan fingerprint density at radius 2 is 1.55 bits per heavy atom. The van der Waals surface area contributed by atoms with Crippen LogP contribution in [0.25, 0.3) is 0 Å². The maximum Gasteiger partial charge on any atom is 0.174 e. The Hall–Kier alpha value is -3.39. The Bertz CT molecular complexity index is 990. The van der Waals surface area contributed by atoms with Gasteiger partial charge in [-0.2, -0.15) is 0 Å². The molecule has 0 saturated heterocycles. The Kier molecular flexibility index (Phi) is 7.61. The SMILES string of the molecule is COc1ccc(NC(=S)N(Cc2ccco2)Cc2cc(OC)c(OC)cc2OC)cc1. The van der Waals surface area contributed by atoms with Gasteiger partial charge >= 0.3 is 0 Å². The van der Waals surface area contributed by atoms with Gasteiger partial charge < -0.3 is 33.6 Å². The third kappa shape index (κ3) is 5.61. The van der Waals surface area contributed by atoms with Crippen molar-refractivity contribution in [2.24, 2.45) is 0 Å². The van der Waals surface area contributed by atoms with Crippen LogP contribution in [0.15, 0.2) is 59.2 Å². The lowest BCUT2D eigenvalue weighted by Gasteiger charge is -2.26. The molecular formula is C23H26N2O5S. The minimum absolute atomic E-state index is 0.464. The lowest BCUT2D eigenvalue weighted by atomic mass is 10.1. The molecule has 1 heterocycles. The van der Waals surface area contributed by atoms with E-state index in [4.69, 9.17) is 35.6 Å². The first-order valence-electron chi connectivity index (χ1n) is 9.59. The van der Waals surface area contributed by atoms with Gasteiger partial charge in [0.05, 0.1) is 41.2 Å². The molecule has 0 bridgehead atoms. The molecule has 3 aromatic rings. The third-order valence-corrected chi connectivity index (χ3v) is 5.06. The molecule has 1 aromatic heterocycles. The summed E-state index contributed by atoms with van der Waals surface area (Å²) in [5.41, 5.74) is 1.75. The molecule has 0 spiro atoms. The van der Waals surface area contributed by atoms with Gasteiger partial charge in [-0.15, -0.1) is 0 Å². The largest absolute Gasteiger partial charge is 0.497 e. The summed E-state index contributed by atoms with van der Waals surface area (Å²) in [5.74, 6) is 3.46. The molecule has 7 nitrogen and oxygen atoms in total. The normalized spacial score (nSPS) is 10.3. The molecule has 0 radical (unpaired) electrons. The molecule has 0 aliphatic rings.